The van der Waals surface area contributed by atoms with E-state index in [4.69, 9.17) is 4.74 Å². The molecule has 1 aliphatic rings. The topological polar surface area (TPSA) is 43.4 Å². The number of halogens is 1. The average Bonchev–Trinajstić information content (AvgIpc) is 3.33. The van der Waals surface area contributed by atoms with Crippen molar-refractivity contribution in [1.29, 1.82) is 0 Å². The number of carbonyl (C=O) groups excluding carboxylic acids is 2. The van der Waals surface area contributed by atoms with Crippen molar-refractivity contribution in [2.24, 2.45) is 5.92 Å². The van der Waals surface area contributed by atoms with Crippen LogP contribution in [0.5, 0.6) is 5.75 Å². The lowest BCUT2D eigenvalue weighted by Crippen LogP contribution is -2.10. The highest BCUT2D eigenvalue weighted by Gasteiger charge is 2.31. The van der Waals surface area contributed by atoms with Gasteiger partial charge in [-0.2, -0.15) is 0 Å². The lowest BCUT2D eigenvalue weighted by molar-refractivity contribution is -0.135. The molecule has 0 radical (unpaired) electrons. The van der Waals surface area contributed by atoms with Gasteiger partial charge in [0.1, 0.15) is 11.6 Å². The van der Waals surface area contributed by atoms with Crippen LogP contribution in [0.2, 0.25) is 0 Å². The second-order valence-corrected chi connectivity index (χ2v) is 5.06. The zero-order chi connectivity index (χ0) is 14.8. The second-order valence-electron chi connectivity index (χ2n) is 5.06. The van der Waals surface area contributed by atoms with Crippen molar-refractivity contribution in [3.8, 4) is 5.75 Å². The molecule has 1 saturated carbocycles. The second kappa shape index (κ2) is 5.48. The first-order valence-corrected chi connectivity index (χ1v) is 6.75. The molecule has 4 heteroatoms. The normalized spacial score (nSPS) is 13.8. The van der Waals surface area contributed by atoms with Gasteiger partial charge in [0.15, 0.2) is 5.78 Å². The highest BCUT2D eigenvalue weighted by atomic mass is 19.1. The Morgan fingerprint density at radius 3 is 1.95 bits per heavy atom. The molecule has 2 aromatic rings. The van der Waals surface area contributed by atoms with E-state index >= 15 is 0 Å². The molecule has 0 amide bonds. The van der Waals surface area contributed by atoms with Crippen LogP contribution >= 0.6 is 0 Å². The van der Waals surface area contributed by atoms with Crippen molar-refractivity contribution >= 4 is 11.8 Å². The van der Waals surface area contributed by atoms with Crippen LogP contribution in [0.1, 0.15) is 28.8 Å². The molecule has 0 bridgehead atoms. The number of benzene rings is 2. The zero-order valence-corrected chi connectivity index (χ0v) is 11.2. The largest absolute Gasteiger partial charge is 0.426 e. The van der Waals surface area contributed by atoms with Crippen LogP contribution < -0.4 is 4.74 Å². The summed E-state index contributed by atoms with van der Waals surface area (Å²) in [7, 11) is 0. The number of carbonyl (C=O) groups is 2. The molecule has 0 saturated heterocycles. The number of hydrogen-bond acceptors (Lipinski definition) is 3. The summed E-state index contributed by atoms with van der Waals surface area (Å²) in [5.74, 6) is -0.329. The van der Waals surface area contributed by atoms with Gasteiger partial charge in [0.05, 0.1) is 5.92 Å². The maximum atomic E-state index is 12.8. The van der Waals surface area contributed by atoms with E-state index in [1.807, 2.05) is 0 Å². The van der Waals surface area contributed by atoms with E-state index in [2.05, 4.69) is 0 Å². The van der Waals surface area contributed by atoms with Crippen LogP contribution in [0.25, 0.3) is 0 Å². The van der Waals surface area contributed by atoms with Crippen LogP contribution in [-0.2, 0) is 4.79 Å². The Labute approximate surface area is 121 Å². The van der Waals surface area contributed by atoms with Crippen LogP contribution in [0, 0.1) is 11.7 Å². The summed E-state index contributed by atoms with van der Waals surface area (Å²) in [6, 6.07) is 11.8. The zero-order valence-electron chi connectivity index (χ0n) is 11.2. The minimum absolute atomic E-state index is 0.0329. The molecule has 0 atom stereocenters. The Morgan fingerprint density at radius 1 is 0.905 bits per heavy atom. The van der Waals surface area contributed by atoms with E-state index < -0.39 is 0 Å². The third-order valence-electron chi connectivity index (χ3n) is 3.35. The summed E-state index contributed by atoms with van der Waals surface area (Å²) in [5, 5.41) is 0. The Bertz CT molecular complexity index is 670. The first kappa shape index (κ1) is 13.5. The summed E-state index contributed by atoms with van der Waals surface area (Å²) < 4.78 is 18.0. The van der Waals surface area contributed by atoms with Crippen molar-refractivity contribution in [2.45, 2.75) is 12.8 Å². The molecule has 106 valence electrons. The van der Waals surface area contributed by atoms with Gasteiger partial charge in [-0.3, -0.25) is 9.59 Å². The van der Waals surface area contributed by atoms with Gasteiger partial charge in [0.2, 0.25) is 0 Å². The fourth-order valence-electron chi connectivity index (χ4n) is 1.96. The number of ether oxygens (including phenoxy) is 1. The highest BCUT2D eigenvalue weighted by Crippen LogP contribution is 2.30. The average molecular weight is 284 g/mol. The molecule has 3 nitrogen and oxygen atoms in total. The third-order valence-corrected chi connectivity index (χ3v) is 3.35. The SMILES string of the molecule is O=C(c1ccc(F)cc1)c1ccc(OC(=O)C2CC2)cc1. The Hall–Kier alpha value is -2.49. The molecule has 21 heavy (non-hydrogen) atoms. The molecular weight excluding hydrogens is 271 g/mol. The maximum Gasteiger partial charge on any atom is 0.314 e. The van der Waals surface area contributed by atoms with E-state index in [1.54, 1.807) is 24.3 Å². The van der Waals surface area contributed by atoms with Gasteiger partial charge in [0, 0.05) is 11.1 Å². The van der Waals surface area contributed by atoms with Crippen LogP contribution in [0.4, 0.5) is 4.39 Å². The number of hydrogen-bond donors (Lipinski definition) is 0. The standard InChI is InChI=1S/C17H13FO3/c18-14-7-3-11(4-8-14)16(19)12-5-9-15(10-6-12)21-17(20)13-1-2-13/h3-10,13H,1-2H2. The fraction of sp³-hybridized carbons (Fsp3) is 0.176. The summed E-state index contributed by atoms with van der Waals surface area (Å²) in [6.07, 6.45) is 1.78. The van der Waals surface area contributed by atoms with E-state index in [-0.39, 0.29) is 23.5 Å². The quantitative estimate of drug-likeness (QED) is 0.491. The lowest BCUT2D eigenvalue weighted by atomic mass is 10.0. The van der Waals surface area contributed by atoms with Gasteiger partial charge in [-0.25, -0.2) is 4.39 Å². The first-order chi connectivity index (χ1) is 10.1. The summed E-state index contributed by atoms with van der Waals surface area (Å²) in [6.45, 7) is 0. The maximum absolute atomic E-state index is 12.8. The molecule has 1 aliphatic carbocycles. The molecule has 0 aliphatic heterocycles. The van der Waals surface area contributed by atoms with Crippen molar-refractivity contribution < 1.29 is 18.7 Å². The monoisotopic (exact) mass is 284 g/mol. The van der Waals surface area contributed by atoms with Crippen molar-refractivity contribution in [3.05, 3.63) is 65.5 Å². The summed E-state index contributed by atoms with van der Waals surface area (Å²) in [5.41, 5.74) is 0.881. The van der Waals surface area contributed by atoms with Gasteiger partial charge in [-0.1, -0.05) is 0 Å². The molecule has 0 aromatic heterocycles. The van der Waals surface area contributed by atoms with E-state index in [9.17, 15) is 14.0 Å². The van der Waals surface area contributed by atoms with Gasteiger partial charge in [0.25, 0.3) is 0 Å². The van der Waals surface area contributed by atoms with E-state index in [1.165, 1.54) is 24.3 Å². The van der Waals surface area contributed by atoms with Crippen LogP contribution in [0.3, 0.4) is 0 Å². The molecule has 0 unspecified atom stereocenters. The van der Waals surface area contributed by atoms with Crippen LogP contribution in [0.15, 0.2) is 48.5 Å². The number of esters is 1. The Kier molecular flexibility index (Phi) is 3.52. The van der Waals surface area contributed by atoms with Gasteiger partial charge < -0.3 is 4.74 Å². The molecule has 1 fully saturated rings. The van der Waals surface area contributed by atoms with Crippen molar-refractivity contribution in [3.63, 3.8) is 0 Å². The third kappa shape index (κ3) is 3.16. The minimum atomic E-state index is -0.381. The molecule has 3 rings (SSSR count). The van der Waals surface area contributed by atoms with E-state index in [0.29, 0.717) is 16.9 Å². The molecule has 0 heterocycles. The van der Waals surface area contributed by atoms with E-state index in [0.717, 1.165) is 12.8 Å². The molecule has 0 N–H and O–H groups in total. The Balaban J connectivity index is 1.72. The molecule has 2 aromatic carbocycles. The predicted molar refractivity (Wildman–Crippen MR) is 74.6 cm³/mol. The molecule has 0 spiro atoms. The van der Waals surface area contributed by atoms with Crippen LogP contribution in [-0.4, -0.2) is 11.8 Å². The van der Waals surface area contributed by atoms with Crippen molar-refractivity contribution in [2.75, 3.05) is 0 Å². The van der Waals surface area contributed by atoms with Crippen molar-refractivity contribution in [1.82, 2.24) is 0 Å². The predicted octanol–water partition coefficient (Wildman–Crippen LogP) is 3.37. The molecular formula is C17H13FO3. The summed E-state index contributed by atoms with van der Waals surface area (Å²) in [4.78, 5) is 23.7. The number of rotatable bonds is 4. The van der Waals surface area contributed by atoms with Gasteiger partial charge in [-0.15, -0.1) is 0 Å². The first-order valence-electron chi connectivity index (χ1n) is 6.75. The summed E-state index contributed by atoms with van der Waals surface area (Å²) >= 11 is 0. The lowest BCUT2D eigenvalue weighted by Gasteiger charge is -2.05. The highest BCUT2D eigenvalue weighted by molar-refractivity contribution is 6.09. The smallest absolute Gasteiger partial charge is 0.314 e. The number of ketones is 1. The Morgan fingerprint density at radius 2 is 1.43 bits per heavy atom. The minimum Gasteiger partial charge on any atom is -0.426 e. The fourth-order valence-corrected chi connectivity index (χ4v) is 1.96. The van der Waals surface area contributed by atoms with Gasteiger partial charge in [-0.05, 0) is 61.4 Å². The van der Waals surface area contributed by atoms with Gasteiger partial charge >= 0.3 is 5.97 Å².